The van der Waals surface area contributed by atoms with Crippen LogP contribution in [0.4, 0.5) is 5.82 Å². The number of pyridine rings is 1. The van der Waals surface area contributed by atoms with Crippen molar-refractivity contribution in [3.05, 3.63) is 48.4 Å². The summed E-state index contributed by atoms with van der Waals surface area (Å²) in [7, 11) is 0. The van der Waals surface area contributed by atoms with Gasteiger partial charge in [0.25, 0.3) is 0 Å². The van der Waals surface area contributed by atoms with Crippen molar-refractivity contribution >= 4 is 23.8 Å². The minimum absolute atomic E-state index is 0.0872. The molecule has 0 unspecified atom stereocenters. The van der Waals surface area contributed by atoms with Crippen molar-refractivity contribution in [1.82, 2.24) is 14.8 Å². The minimum Gasteiger partial charge on any atom is -0.478 e. The van der Waals surface area contributed by atoms with Crippen LogP contribution in [0, 0.1) is 0 Å². The van der Waals surface area contributed by atoms with Crippen molar-refractivity contribution in [2.75, 3.05) is 5.32 Å². The average Bonchev–Trinajstić information content (AvgIpc) is 2.89. The number of nitrogens with zero attached hydrogens (tertiary/aromatic N) is 3. The monoisotopic (exact) mass is 272 g/mol. The normalized spacial score (nSPS) is 10.6. The fraction of sp³-hybridized carbons (Fsp3) is 0.0769. The maximum Gasteiger partial charge on any atom is 0.328 e. The molecular formula is C13H12N4O3. The van der Waals surface area contributed by atoms with E-state index in [4.69, 9.17) is 5.11 Å². The lowest BCUT2D eigenvalue weighted by Crippen LogP contribution is -2.19. The van der Waals surface area contributed by atoms with Crippen molar-refractivity contribution < 1.29 is 14.7 Å². The number of carbonyl (C=O) groups excluding carboxylic acids is 1. The van der Waals surface area contributed by atoms with Crippen molar-refractivity contribution in [3.63, 3.8) is 0 Å². The van der Waals surface area contributed by atoms with Crippen molar-refractivity contribution in [3.8, 4) is 0 Å². The zero-order valence-corrected chi connectivity index (χ0v) is 10.4. The molecule has 0 saturated carbocycles. The number of carbonyl (C=O) groups is 2. The van der Waals surface area contributed by atoms with Crippen LogP contribution in [-0.4, -0.2) is 31.7 Å². The summed E-state index contributed by atoms with van der Waals surface area (Å²) in [6.07, 6.45) is 7.20. The van der Waals surface area contributed by atoms with E-state index in [1.165, 1.54) is 17.0 Å². The van der Waals surface area contributed by atoms with Crippen LogP contribution in [0.3, 0.4) is 0 Å². The summed E-state index contributed by atoms with van der Waals surface area (Å²) >= 11 is 0. The van der Waals surface area contributed by atoms with Crippen LogP contribution in [0.25, 0.3) is 6.08 Å². The van der Waals surface area contributed by atoms with Crippen LogP contribution in [0.2, 0.25) is 0 Å². The highest BCUT2D eigenvalue weighted by Crippen LogP contribution is 2.08. The second kappa shape index (κ2) is 6.28. The third kappa shape index (κ3) is 4.05. The Morgan fingerprint density at radius 1 is 1.40 bits per heavy atom. The first-order chi connectivity index (χ1) is 9.63. The van der Waals surface area contributed by atoms with Gasteiger partial charge in [0.05, 0.1) is 0 Å². The zero-order valence-electron chi connectivity index (χ0n) is 10.4. The molecule has 0 radical (unpaired) electrons. The second-order valence-electron chi connectivity index (χ2n) is 3.90. The molecule has 0 bridgehead atoms. The van der Waals surface area contributed by atoms with Crippen LogP contribution >= 0.6 is 0 Å². The van der Waals surface area contributed by atoms with E-state index in [0.29, 0.717) is 11.4 Å². The Balaban J connectivity index is 2.00. The Morgan fingerprint density at radius 2 is 2.25 bits per heavy atom. The summed E-state index contributed by atoms with van der Waals surface area (Å²) in [4.78, 5) is 26.2. The highest BCUT2D eigenvalue weighted by Gasteiger charge is 2.04. The van der Waals surface area contributed by atoms with Crippen molar-refractivity contribution in [1.29, 1.82) is 0 Å². The topological polar surface area (TPSA) is 97.1 Å². The van der Waals surface area contributed by atoms with Crippen LogP contribution in [-0.2, 0) is 16.1 Å². The molecule has 0 aliphatic rings. The zero-order chi connectivity index (χ0) is 14.4. The largest absolute Gasteiger partial charge is 0.478 e. The second-order valence-corrected chi connectivity index (χ2v) is 3.90. The lowest BCUT2D eigenvalue weighted by Gasteiger charge is -2.05. The van der Waals surface area contributed by atoms with E-state index in [9.17, 15) is 9.59 Å². The fourth-order valence-electron chi connectivity index (χ4n) is 1.51. The number of aliphatic carboxylic acids is 1. The quantitative estimate of drug-likeness (QED) is 0.792. The third-order valence-corrected chi connectivity index (χ3v) is 2.33. The van der Waals surface area contributed by atoms with E-state index in [2.05, 4.69) is 15.4 Å². The average molecular weight is 272 g/mol. The maximum absolute atomic E-state index is 11.7. The van der Waals surface area contributed by atoms with Crippen LogP contribution in [0.5, 0.6) is 0 Å². The molecule has 0 aromatic carbocycles. The molecule has 2 aromatic rings. The van der Waals surface area contributed by atoms with E-state index >= 15 is 0 Å². The highest BCUT2D eigenvalue weighted by molar-refractivity contribution is 5.90. The third-order valence-electron chi connectivity index (χ3n) is 2.33. The summed E-state index contributed by atoms with van der Waals surface area (Å²) in [5.41, 5.74) is 0.636. The number of carboxylic acid groups (broad SMARTS) is 1. The molecule has 0 fully saturated rings. The van der Waals surface area contributed by atoms with E-state index in [1.807, 2.05) is 0 Å². The van der Waals surface area contributed by atoms with Gasteiger partial charge in [0, 0.05) is 24.7 Å². The number of carboxylic acids is 1. The first-order valence-corrected chi connectivity index (χ1v) is 5.78. The summed E-state index contributed by atoms with van der Waals surface area (Å²) in [6.45, 7) is 0.0872. The van der Waals surface area contributed by atoms with E-state index in [1.54, 1.807) is 30.6 Å². The molecule has 0 saturated heterocycles. The lowest BCUT2D eigenvalue weighted by molar-refractivity contribution is -0.131. The van der Waals surface area contributed by atoms with Gasteiger partial charge in [-0.25, -0.2) is 9.78 Å². The number of amides is 1. The van der Waals surface area contributed by atoms with Gasteiger partial charge in [-0.15, -0.1) is 0 Å². The maximum atomic E-state index is 11.7. The molecule has 2 N–H and O–H groups in total. The molecular weight excluding hydrogens is 260 g/mol. The summed E-state index contributed by atoms with van der Waals surface area (Å²) < 4.78 is 1.49. The van der Waals surface area contributed by atoms with Gasteiger partial charge in [-0.2, -0.15) is 5.10 Å². The summed E-state index contributed by atoms with van der Waals surface area (Å²) in [5, 5.41) is 15.1. The standard InChI is InChI=1S/C13H12N4O3/c18-12(9-17-7-1-5-15-17)16-11-8-10(4-6-14-11)2-3-13(19)20/h1-8H,9H2,(H,19,20)(H,14,16,18)/b3-2+. The number of aromatic nitrogens is 3. The lowest BCUT2D eigenvalue weighted by atomic mass is 10.2. The smallest absolute Gasteiger partial charge is 0.328 e. The number of hydrogen-bond acceptors (Lipinski definition) is 4. The van der Waals surface area contributed by atoms with Gasteiger partial charge in [0.2, 0.25) is 5.91 Å². The summed E-state index contributed by atoms with van der Waals surface area (Å²) in [6, 6.07) is 4.95. The molecule has 0 atom stereocenters. The van der Waals surface area contributed by atoms with E-state index in [0.717, 1.165) is 6.08 Å². The molecule has 2 aromatic heterocycles. The Labute approximate surface area is 114 Å². The molecule has 1 amide bonds. The van der Waals surface area contributed by atoms with Crippen molar-refractivity contribution in [2.24, 2.45) is 0 Å². The SMILES string of the molecule is O=C(O)/C=C/c1ccnc(NC(=O)Cn2cccn2)c1. The molecule has 0 spiro atoms. The van der Waals surface area contributed by atoms with Crippen molar-refractivity contribution in [2.45, 2.75) is 6.54 Å². The predicted molar refractivity (Wildman–Crippen MR) is 71.8 cm³/mol. The van der Waals surface area contributed by atoms with Gasteiger partial charge in [0.1, 0.15) is 12.4 Å². The Kier molecular flexibility index (Phi) is 4.23. The first kappa shape index (κ1) is 13.5. The minimum atomic E-state index is -1.04. The molecule has 2 heterocycles. The van der Waals surface area contributed by atoms with E-state index < -0.39 is 5.97 Å². The number of nitrogens with one attached hydrogen (secondary N) is 1. The van der Waals surface area contributed by atoms with Gasteiger partial charge in [-0.05, 0) is 29.8 Å². The molecule has 20 heavy (non-hydrogen) atoms. The van der Waals surface area contributed by atoms with E-state index in [-0.39, 0.29) is 12.5 Å². The fourth-order valence-corrected chi connectivity index (χ4v) is 1.51. The van der Waals surface area contributed by atoms with Gasteiger partial charge in [-0.1, -0.05) is 0 Å². The van der Waals surface area contributed by atoms with Crippen LogP contribution in [0.1, 0.15) is 5.56 Å². The molecule has 0 aliphatic carbocycles. The van der Waals surface area contributed by atoms with Gasteiger partial charge < -0.3 is 10.4 Å². The Bertz CT molecular complexity index is 635. The van der Waals surface area contributed by atoms with Gasteiger partial charge in [0.15, 0.2) is 0 Å². The van der Waals surface area contributed by atoms with Crippen LogP contribution < -0.4 is 5.32 Å². The predicted octanol–water partition coefficient (Wildman–Crippen LogP) is 1.01. The number of hydrogen-bond donors (Lipinski definition) is 2. The summed E-state index contributed by atoms with van der Waals surface area (Å²) in [5.74, 6) is -0.943. The molecule has 7 nitrogen and oxygen atoms in total. The highest BCUT2D eigenvalue weighted by atomic mass is 16.4. The first-order valence-electron chi connectivity index (χ1n) is 5.78. The molecule has 0 aliphatic heterocycles. The molecule has 2 rings (SSSR count). The molecule has 102 valence electrons. The van der Waals surface area contributed by atoms with Crippen LogP contribution in [0.15, 0.2) is 42.9 Å². The van der Waals surface area contributed by atoms with Gasteiger partial charge in [-0.3, -0.25) is 9.48 Å². The van der Waals surface area contributed by atoms with Gasteiger partial charge >= 0.3 is 5.97 Å². The number of rotatable bonds is 5. The molecule has 7 heteroatoms. The number of anilines is 1. The Hall–Kier alpha value is -2.96. The Morgan fingerprint density at radius 3 is 2.95 bits per heavy atom.